The molecule has 1 saturated heterocycles. The highest BCUT2D eigenvalue weighted by molar-refractivity contribution is 7.80. The number of rotatable bonds is 1. The molecule has 3 fully saturated rings. The van der Waals surface area contributed by atoms with Gasteiger partial charge in [-0.3, -0.25) is 9.69 Å². The van der Waals surface area contributed by atoms with Gasteiger partial charge in [0.15, 0.2) is 0 Å². The molecule has 0 N–H and O–H groups in total. The van der Waals surface area contributed by atoms with E-state index in [-0.39, 0.29) is 28.9 Å². The first kappa shape index (κ1) is 13.1. The van der Waals surface area contributed by atoms with Crippen molar-refractivity contribution >= 4 is 23.3 Å². The highest BCUT2D eigenvalue weighted by Gasteiger charge is 2.72. The zero-order chi connectivity index (χ0) is 14.0. The summed E-state index contributed by atoms with van der Waals surface area (Å²) < 4.78 is 5.90. The Morgan fingerprint density at radius 1 is 1.47 bits per heavy atom. The first-order valence-electron chi connectivity index (χ1n) is 7.01. The van der Waals surface area contributed by atoms with Gasteiger partial charge in [-0.25, -0.2) is 0 Å². The average Bonchev–Trinajstić information content (AvgIpc) is 2.82. The van der Waals surface area contributed by atoms with Gasteiger partial charge in [-0.2, -0.15) is 0 Å². The standard InChI is InChI=1S/C15H21NO2S/c1-5-6-10(17)16-12-11(18-13(16)19)9-7-8-15(12,4)14(9,2)3/h5-6,9,11-12H,7-8H2,1-4H3/b6-5+/t9-,11-,12-,15+/m1/s1. The highest BCUT2D eigenvalue weighted by atomic mass is 32.1. The van der Waals surface area contributed by atoms with E-state index < -0.39 is 0 Å². The maximum Gasteiger partial charge on any atom is 0.267 e. The number of hydrogen-bond donors (Lipinski definition) is 0. The van der Waals surface area contributed by atoms with Crippen molar-refractivity contribution in [1.82, 2.24) is 4.90 Å². The number of amides is 1. The SMILES string of the molecule is C/C=C/C(=O)N1C(=S)O[C@@H]2[C@H]3CC[C@@](C)([C@@H]21)C3(C)C. The van der Waals surface area contributed by atoms with Crippen LogP contribution in [0, 0.1) is 16.7 Å². The summed E-state index contributed by atoms with van der Waals surface area (Å²) in [4.78, 5) is 14.0. The van der Waals surface area contributed by atoms with Crippen LogP contribution in [0.3, 0.4) is 0 Å². The van der Waals surface area contributed by atoms with Gasteiger partial charge < -0.3 is 4.74 Å². The van der Waals surface area contributed by atoms with Crippen molar-refractivity contribution < 1.29 is 9.53 Å². The monoisotopic (exact) mass is 279 g/mol. The van der Waals surface area contributed by atoms with E-state index in [4.69, 9.17) is 17.0 Å². The predicted octanol–water partition coefficient (Wildman–Crippen LogP) is 2.90. The molecule has 2 saturated carbocycles. The van der Waals surface area contributed by atoms with Crippen LogP contribution >= 0.6 is 12.2 Å². The molecule has 3 nitrogen and oxygen atoms in total. The summed E-state index contributed by atoms with van der Waals surface area (Å²) in [7, 11) is 0. The van der Waals surface area contributed by atoms with Crippen molar-refractivity contribution in [2.24, 2.45) is 16.7 Å². The van der Waals surface area contributed by atoms with Gasteiger partial charge in [0.05, 0.1) is 6.04 Å². The lowest BCUT2D eigenvalue weighted by atomic mass is 9.69. The third-order valence-corrected chi connectivity index (χ3v) is 6.29. The molecule has 0 radical (unpaired) electrons. The molecule has 4 atom stereocenters. The largest absolute Gasteiger partial charge is 0.465 e. The third-order valence-electron chi connectivity index (χ3n) is 5.99. The molecule has 19 heavy (non-hydrogen) atoms. The maximum absolute atomic E-state index is 12.3. The van der Waals surface area contributed by atoms with Crippen LogP contribution in [-0.2, 0) is 9.53 Å². The fourth-order valence-electron chi connectivity index (χ4n) is 4.56. The molecule has 0 aromatic heterocycles. The summed E-state index contributed by atoms with van der Waals surface area (Å²) in [6, 6.07) is 0.109. The van der Waals surface area contributed by atoms with Gasteiger partial charge in [0.2, 0.25) is 0 Å². The van der Waals surface area contributed by atoms with Gasteiger partial charge in [-0.05, 0) is 48.9 Å². The van der Waals surface area contributed by atoms with E-state index in [1.54, 1.807) is 17.1 Å². The van der Waals surface area contributed by atoms with Crippen molar-refractivity contribution in [3.05, 3.63) is 12.2 Å². The Balaban J connectivity index is 2.03. The number of carbonyl (C=O) groups is 1. The van der Waals surface area contributed by atoms with E-state index in [9.17, 15) is 4.79 Å². The third kappa shape index (κ3) is 1.38. The van der Waals surface area contributed by atoms with Crippen molar-refractivity contribution in [3.8, 4) is 0 Å². The Kier molecular flexibility index (Phi) is 2.63. The number of fused-ring (bicyclic) bond motifs is 5. The van der Waals surface area contributed by atoms with Crippen LogP contribution in [0.2, 0.25) is 0 Å². The van der Waals surface area contributed by atoms with Crippen LogP contribution in [0.15, 0.2) is 12.2 Å². The van der Waals surface area contributed by atoms with Gasteiger partial charge in [-0.1, -0.05) is 26.8 Å². The summed E-state index contributed by atoms with van der Waals surface area (Å²) in [5.41, 5.74) is 0.299. The predicted molar refractivity (Wildman–Crippen MR) is 77.5 cm³/mol. The summed E-state index contributed by atoms with van der Waals surface area (Å²) in [5, 5.41) is 0.367. The first-order chi connectivity index (χ1) is 8.84. The average molecular weight is 279 g/mol. The smallest absolute Gasteiger partial charge is 0.267 e. The minimum Gasteiger partial charge on any atom is -0.465 e. The number of allylic oxidation sites excluding steroid dienone is 1. The van der Waals surface area contributed by atoms with Gasteiger partial charge in [0.25, 0.3) is 11.1 Å². The lowest BCUT2D eigenvalue weighted by Crippen LogP contribution is -2.49. The number of hydrogen-bond acceptors (Lipinski definition) is 3. The van der Waals surface area contributed by atoms with Gasteiger partial charge in [-0.15, -0.1) is 0 Å². The molecule has 0 spiro atoms. The summed E-state index contributed by atoms with van der Waals surface area (Å²) >= 11 is 5.29. The molecule has 0 unspecified atom stereocenters. The van der Waals surface area contributed by atoms with E-state index >= 15 is 0 Å². The fourth-order valence-corrected chi connectivity index (χ4v) is 4.88. The molecule has 3 rings (SSSR count). The quantitative estimate of drug-likeness (QED) is 0.546. The summed E-state index contributed by atoms with van der Waals surface area (Å²) in [5.74, 6) is 0.466. The number of carbonyl (C=O) groups excluding carboxylic acids is 1. The molecular weight excluding hydrogens is 258 g/mol. The summed E-state index contributed by atoms with van der Waals surface area (Å²) in [6.07, 6.45) is 5.77. The Morgan fingerprint density at radius 2 is 2.16 bits per heavy atom. The van der Waals surface area contributed by atoms with Crippen LogP contribution in [-0.4, -0.2) is 28.1 Å². The van der Waals surface area contributed by atoms with Gasteiger partial charge in [0, 0.05) is 5.92 Å². The molecule has 0 aromatic carbocycles. The van der Waals surface area contributed by atoms with Crippen LogP contribution in [0.5, 0.6) is 0 Å². The van der Waals surface area contributed by atoms with Crippen molar-refractivity contribution in [2.45, 2.75) is 52.7 Å². The van der Waals surface area contributed by atoms with E-state index in [0.717, 1.165) is 6.42 Å². The normalized spacial score (nSPS) is 42.8. The Labute approximate surface area is 120 Å². The van der Waals surface area contributed by atoms with Crippen LogP contribution < -0.4 is 0 Å². The second-order valence-electron chi connectivity index (χ2n) is 6.79. The zero-order valence-corrected chi connectivity index (χ0v) is 12.8. The fraction of sp³-hybridized carbons (Fsp3) is 0.733. The molecule has 2 bridgehead atoms. The van der Waals surface area contributed by atoms with Crippen LogP contribution in [0.1, 0.15) is 40.5 Å². The number of ether oxygens (including phenoxy) is 1. The summed E-state index contributed by atoms with van der Waals surface area (Å²) in [6.45, 7) is 8.77. The van der Waals surface area contributed by atoms with Gasteiger partial charge >= 0.3 is 0 Å². The Morgan fingerprint density at radius 3 is 2.79 bits per heavy atom. The number of nitrogens with zero attached hydrogens (tertiary/aromatic N) is 1. The molecule has 104 valence electrons. The minimum atomic E-state index is -0.0374. The maximum atomic E-state index is 12.3. The topological polar surface area (TPSA) is 29.5 Å². The Hall–Kier alpha value is -0.900. The van der Waals surface area contributed by atoms with Crippen molar-refractivity contribution in [2.75, 3.05) is 0 Å². The van der Waals surface area contributed by atoms with Crippen molar-refractivity contribution in [1.29, 1.82) is 0 Å². The molecule has 2 aliphatic carbocycles. The lowest BCUT2D eigenvalue weighted by Gasteiger charge is -2.40. The lowest BCUT2D eigenvalue weighted by molar-refractivity contribution is -0.125. The molecule has 4 heteroatoms. The molecule has 1 aliphatic heterocycles. The molecular formula is C15H21NO2S. The van der Waals surface area contributed by atoms with Crippen molar-refractivity contribution in [3.63, 3.8) is 0 Å². The van der Waals surface area contributed by atoms with Crippen LogP contribution in [0.4, 0.5) is 0 Å². The van der Waals surface area contributed by atoms with Gasteiger partial charge in [0.1, 0.15) is 6.10 Å². The van der Waals surface area contributed by atoms with Crippen LogP contribution in [0.25, 0.3) is 0 Å². The second kappa shape index (κ2) is 3.81. The molecule has 0 aromatic rings. The van der Waals surface area contributed by atoms with E-state index in [0.29, 0.717) is 11.1 Å². The number of thiocarbonyl (C=S) groups is 1. The molecule has 1 amide bonds. The minimum absolute atomic E-state index is 0.0374. The second-order valence-corrected chi connectivity index (χ2v) is 7.14. The molecule has 1 heterocycles. The Bertz CT molecular complexity index is 485. The zero-order valence-electron chi connectivity index (χ0n) is 12.0. The molecule has 3 aliphatic rings. The van der Waals surface area contributed by atoms with E-state index in [1.165, 1.54) is 6.42 Å². The van der Waals surface area contributed by atoms with E-state index in [1.807, 2.05) is 6.92 Å². The highest BCUT2D eigenvalue weighted by Crippen LogP contribution is 2.68. The van der Waals surface area contributed by atoms with E-state index in [2.05, 4.69) is 20.8 Å². The first-order valence-corrected chi connectivity index (χ1v) is 7.42.